The number of nitrogens with zero attached hydrogens (tertiary/aromatic N) is 4. The molecule has 10 nitrogen and oxygen atoms in total. The third kappa shape index (κ3) is 5.27. The van der Waals surface area contributed by atoms with E-state index in [-0.39, 0.29) is 17.9 Å². The van der Waals surface area contributed by atoms with Gasteiger partial charge in [-0.05, 0) is 92.6 Å². The van der Waals surface area contributed by atoms with Crippen molar-refractivity contribution in [2.45, 2.75) is 25.9 Å². The van der Waals surface area contributed by atoms with E-state index < -0.39 is 0 Å². The maximum atomic E-state index is 13.0. The fraction of sp³-hybridized carbons (Fsp3) is 0.176. The molecule has 0 aliphatic carbocycles. The summed E-state index contributed by atoms with van der Waals surface area (Å²) >= 11 is 0. The van der Waals surface area contributed by atoms with E-state index in [1.807, 2.05) is 78.4 Å². The SMILES string of the molecule is Cc1c(NC(=O)c2ccc(-n3ccc4cc(NC(=O)c5ccc(N6CCC(O)CC6)cc5)ccc43)cc2)cnc2nc[nH]c12. The van der Waals surface area contributed by atoms with Crippen LogP contribution in [-0.4, -0.2) is 55.6 Å². The molecule has 0 spiro atoms. The van der Waals surface area contributed by atoms with Crippen LogP contribution >= 0.6 is 0 Å². The molecule has 4 N–H and O–H groups in total. The number of carbonyl (C=O) groups is 2. The van der Waals surface area contributed by atoms with Gasteiger partial charge >= 0.3 is 0 Å². The molecule has 220 valence electrons. The van der Waals surface area contributed by atoms with Crippen molar-refractivity contribution < 1.29 is 14.7 Å². The number of aromatic amines is 1. The Morgan fingerprint density at radius 3 is 2.27 bits per heavy atom. The number of carbonyl (C=O) groups excluding carboxylic acids is 2. The number of nitrogens with one attached hydrogen (secondary N) is 3. The number of hydrogen-bond acceptors (Lipinski definition) is 6. The van der Waals surface area contributed by atoms with Gasteiger partial charge in [0.2, 0.25) is 0 Å². The Kier molecular flexibility index (Phi) is 7.03. The molecule has 44 heavy (non-hydrogen) atoms. The van der Waals surface area contributed by atoms with Crippen molar-refractivity contribution in [3.8, 4) is 5.69 Å². The summed E-state index contributed by atoms with van der Waals surface area (Å²) in [5, 5.41) is 16.7. The van der Waals surface area contributed by atoms with Crippen molar-refractivity contribution in [1.29, 1.82) is 0 Å². The number of rotatable bonds is 6. The molecule has 6 aromatic rings. The smallest absolute Gasteiger partial charge is 0.255 e. The number of H-pyrrole nitrogens is 1. The van der Waals surface area contributed by atoms with Crippen molar-refractivity contribution in [3.05, 3.63) is 108 Å². The number of anilines is 3. The maximum Gasteiger partial charge on any atom is 0.255 e. The van der Waals surface area contributed by atoms with Gasteiger partial charge in [-0.1, -0.05) is 0 Å². The van der Waals surface area contributed by atoms with Gasteiger partial charge in [-0.3, -0.25) is 9.59 Å². The van der Waals surface area contributed by atoms with Gasteiger partial charge in [0.05, 0.1) is 35.3 Å². The lowest BCUT2D eigenvalue weighted by Crippen LogP contribution is -2.35. The highest BCUT2D eigenvalue weighted by Gasteiger charge is 2.18. The number of fused-ring (bicyclic) bond motifs is 2. The van der Waals surface area contributed by atoms with Crippen LogP contribution < -0.4 is 15.5 Å². The van der Waals surface area contributed by atoms with Gasteiger partial charge in [0.15, 0.2) is 5.65 Å². The van der Waals surface area contributed by atoms with Crippen LogP contribution in [0.15, 0.2) is 91.5 Å². The second-order valence-corrected chi connectivity index (χ2v) is 11.1. The molecule has 1 fully saturated rings. The fourth-order valence-electron chi connectivity index (χ4n) is 5.71. The minimum atomic E-state index is -0.223. The molecule has 0 saturated carbocycles. The third-order valence-corrected chi connectivity index (χ3v) is 8.28. The molecular weight excluding hydrogens is 554 g/mol. The number of amides is 2. The van der Waals surface area contributed by atoms with Gasteiger partial charge in [0.25, 0.3) is 11.8 Å². The summed E-state index contributed by atoms with van der Waals surface area (Å²) < 4.78 is 2.04. The quantitative estimate of drug-likeness (QED) is 0.199. The highest BCUT2D eigenvalue weighted by atomic mass is 16.3. The topological polar surface area (TPSA) is 128 Å². The van der Waals surface area contributed by atoms with E-state index in [1.165, 1.54) is 0 Å². The van der Waals surface area contributed by atoms with Gasteiger partial charge in [0.1, 0.15) is 0 Å². The number of aryl methyl sites for hydroxylation is 1. The van der Waals surface area contributed by atoms with Crippen LogP contribution in [0.25, 0.3) is 27.8 Å². The summed E-state index contributed by atoms with van der Waals surface area (Å²) in [7, 11) is 0. The first-order valence-corrected chi connectivity index (χ1v) is 14.6. The predicted molar refractivity (Wildman–Crippen MR) is 172 cm³/mol. The number of benzene rings is 3. The molecule has 1 aliphatic heterocycles. The largest absolute Gasteiger partial charge is 0.393 e. The standard InChI is InChI=1S/C34H31N7O3/c1-21-29(19-35-32-31(21)36-20-37-32)39-34(44)23-4-9-27(10-5-23)41-17-12-24-18-25(6-11-30(24)41)38-33(43)22-2-7-26(8-3-22)40-15-13-28(42)14-16-40/h2-12,17-20,28,42H,13-16H2,1H3,(H,38,43)(H,39,44)(H,35,36,37). The van der Waals surface area contributed by atoms with E-state index in [1.54, 1.807) is 24.7 Å². The zero-order valence-corrected chi connectivity index (χ0v) is 24.1. The predicted octanol–water partition coefficient (Wildman–Crippen LogP) is 5.68. The Balaban J connectivity index is 1.02. The Labute approximate surface area is 253 Å². The Morgan fingerprint density at radius 2 is 1.55 bits per heavy atom. The molecule has 0 radical (unpaired) electrons. The molecule has 1 saturated heterocycles. The molecule has 3 aromatic heterocycles. The number of piperidine rings is 1. The summed E-state index contributed by atoms with van der Waals surface area (Å²) in [5.41, 5.74) is 7.68. The average Bonchev–Trinajstić information content (AvgIpc) is 3.71. The van der Waals surface area contributed by atoms with Gasteiger partial charge in [0, 0.05) is 58.4 Å². The highest BCUT2D eigenvalue weighted by Crippen LogP contribution is 2.26. The van der Waals surface area contributed by atoms with E-state index >= 15 is 0 Å². The molecule has 0 bridgehead atoms. The van der Waals surface area contributed by atoms with E-state index in [0.717, 1.165) is 59.3 Å². The maximum absolute atomic E-state index is 13.0. The number of imidazole rings is 1. The molecule has 7 rings (SSSR count). The Morgan fingerprint density at radius 1 is 0.864 bits per heavy atom. The lowest BCUT2D eigenvalue weighted by molar-refractivity contribution is 0.101. The molecule has 2 amide bonds. The van der Waals surface area contributed by atoms with Crippen molar-refractivity contribution >= 4 is 50.9 Å². The van der Waals surface area contributed by atoms with Crippen LogP contribution in [0.1, 0.15) is 39.1 Å². The van der Waals surface area contributed by atoms with Crippen molar-refractivity contribution in [2.75, 3.05) is 28.6 Å². The molecule has 0 atom stereocenters. The van der Waals surface area contributed by atoms with Crippen LogP contribution in [0, 0.1) is 6.92 Å². The van der Waals surface area contributed by atoms with Crippen molar-refractivity contribution in [2.24, 2.45) is 0 Å². The normalized spacial score (nSPS) is 13.8. The van der Waals surface area contributed by atoms with Gasteiger partial charge < -0.3 is 30.2 Å². The van der Waals surface area contributed by atoms with Crippen molar-refractivity contribution in [3.63, 3.8) is 0 Å². The highest BCUT2D eigenvalue weighted by molar-refractivity contribution is 6.06. The fourth-order valence-corrected chi connectivity index (χ4v) is 5.71. The van der Waals surface area contributed by atoms with E-state index in [9.17, 15) is 14.7 Å². The summed E-state index contributed by atoms with van der Waals surface area (Å²) in [4.78, 5) is 39.7. The number of aromatic nitrogens is 4. The monoisotopic (exact) mass is 585 g/mol. The third-order valence-electron chi connectivity index (χ3n) is 8.28. The average molecular weight is 586 g/mol. The number of aliphatic hydroxyl groups excluding tert-OH is 1. The van der Waals surface area contributed by atoms with Crippen LogP contribution in [0.3, 0.4) is 0 Å². The second kappa shape index (κ2) is 11.3. The zero-order valence-electron chi connectivity index (χ0n) is 24.1. The summed E-state index contributed by atoms with van der Waals surface area (Å²) in [5.74, 6) is -0.396. The zero-order chi connectivity index (χ0) is 30.2. The van der Waals surface area contributed by atoms with Crippen LogP contribution in [0.2, 0.25) is 0 Å². The van der Waals surface area contributed by atoms with Crippen LogP contribution in [0.4, 0.5) is 17.1 Å². The molecule has 3 aromatic carbocycles. The van der Waals surface area contributed by atoms with Gasteiger partial charge in [-0.15, -0.1) is 0 Å². The summed E-state index contributed by atoms with van der Waals surface area (Å²) in [6, 6.07) is 22.8. The first kappa shape index (κ1) is 27.4. The molecule has 10 heteroatoms. The van der Waals surface area contributed by atoms with Gasteiger partial charge in [-0.2, -0.15) is 0 Å². The van der Waals surface area contributed by atoms with Crippen molar-refractivity contribution in [1.82, 2.24) is 19.5 Å². The van der Waals surface area contributed by atoms with E-state index in [2.05, 4.69) is 30.5 Å². The summed E-state index contributed by atoms with van der Waals surface area (Å²) in [6.45, 7) is 3.54. The Hall–Kier alpha value is -5.48. The number of aliphatic hydroxyl groups is 1. The number of pyridine rings is 1. The number of hydrogen-bond donors (Lipinski definition) is 4. The molecular formula is C34H31N7O3. The molecule has 0 unspecified atom stereocenters. The summed E-state index contributed by atoms with van der Waals surface area (Å²) in [6.07, 6.45) is 6.48. The minimum Gasteiger partial charge on any atom is -0.393 e. The Bertz CT molecular complexity index is 1990. The lowest BCUT2D eigenvalue weighted by atomic mass is 10.1. The first-order chi connectivity index (χ1) is 21.4. The van der Waals surface area contributed by atoms with Crippen LogP contribution in [-0.2, 0) is 0 Å². The molecule has 4 heterocycles. The molecule has 1 aliphatic rings. The lowest BCUT2D eigenvalue weighted by Gasteiger charge is -2.31. The van der Waals surface area contributed by atoms with E-state index in [0.29, 0.717) is 28.1 Å². The van der Waals surface area contributed by atoms with E-state index in [4.69, 9.17) is 0 Å². The minimum absolute atomic E-state index is 0.172. The first-order valence-electron chi connectivity index (χ1n) is 14.6. The van der Waals surface area contributed by atoms with Gasteiger partial charge in [-0.25, -0.2) is 9.97 Å². The second-order valence-electron chi connectivity index (χ2n) is 11.1. The van der Waals surface area contributed by atoms with Crippen LogP contribution in [0.5, 0.6) is 0 Å².